The van der Waals surface area contributed by atoms with Crippen molar-refractivity contribution in [1.82, 2.24) is 24.5 Å². The van der Waals surface area contributed by atoms with E-state index in [2.05, 4.69) is 15.1 Å². The van der Waals surface area contributed by atoms with E-state index < -0.39 is 0 Å². The molecule has 98 valence electrons. The maximum absolute atomic E-state index is 5.40. The van der Waals surface area contributed by atoms with E-state index in [1.165, 1.54) is 0 Å². The van der Waals surface area contributed by atoms with Crippen molar-refractivity contribution in [3.8, 4) is 0 Å². The lowest BCUT2D eigenvalue weighted by atomic mass is 10.4. The van der Waals surface area contributed by atoms with Crippen molar-refractivity contribution >= 4 is 0 Å². The van der Waals surface area contributed by atoms with Crippen molar-refractivity contribution in [3.05, 3.63) is 61.1 Å². The number of rotatable bonds is 6. The molecule has 3 rings (SSSR count). The summed E-state index contributed by atoms with van der Waals surface area (Å²) < 4.78 is 9.16. The van der Waals surface area contributed by atoms with E-state index in [1.54, 1.807) is 18.7 Å². The molecule has 19 heavy (non-hydrogen) atoms. The van der Waals surface area contributed by atoms with Crippen molar-refractivity contribution in [1.29, 1.82) is 0 Å². The van der Waals surface area contributed by atoms with Crippen LogP contribution in [0.15, 0.2) is 59.7 Å². The lowest BCUT2D eigenvalue weighted by Crippen LogP contribution is -2.28. The molecule has 0 unspecified atom stereocenters. The monoisotopic (exact) mass is 257 g/mol. The summed E-state index contributed by atoms with van der Waals surface area (Å²) >= 11 is 0. The smallest absolute Gasteiger partial charge is 0.117 e. The minimum absolute atomic E-state index is 0.688. The van der Waals surface area contributed by atoms with Crippen LogP contribution in [0.4, 0.5) is 0 Å². The molecule has 0 spiro atoms. The molecule has 0 aliphatic rings. The molecule has 0 fully saturated rings. The van der Waals surface area contributed by atoms with Crippen LogP contribution < -0.4 is 0 Å². The largest absolute Gasteiger partial charge is 0.468 e. The summed E-state index contributed by atoms with van der Waals surface area (Å²) in [7, 11) is 0. The van der Waals surface area contributed by atoms with Crippen LogP contribution in [0.5, 0.6) is 0 Å². The Labute approximate surface area is 110 Å². The Morgan fingerprint density at radius 1 is 1.00 bits per heavy atom. The zero-order chi connectivity index (χ0) is 12.9. The molecule has 0 aromatic carbocycles. The van der Waals surface area contributed by atoms with Gasteiger partial charge in [-0.2, -0.15) is 10.2 Å². The molecule has 3 aromatic heterocycles. The molecule has 0 amide bonds. The molecular formula is C13H15N5O. The van der Waals surface area contributed by atoms with Gasteiger partial charge in [-0.05, 0) is 24.3 Å². The zero-order valence-corrected chi connectivity index (χ0v) is 10.5. The average molecular weight is 257 g/mol. The van der Waals surface area contributed by atoms with Crippen LogP contribution in [-0.2, 0) is 19.9 Å². The van der Waals surface area contributed by atoms with Crippen LogP contribution in [0.2, 0.25) is 0 Å². The fourth-order valence-electron chi connectivity index (χ4n) is 1.95. The van der Waals surface area contributed by atoms with Crippen LogP contribution in [-0.4, -0.2) is 24.5 Å². The van der Waals surface area contributed by atoms with Crippen LogP contribution in [0, 0.1) is 0 Å². The molecule has 0 radical (unpaired) electrons. The quantitative estimate of drug-likeness (QED) is 0.675. The Morgan fingerprint density at radius 2 is 1.68 bits per heavy atom. The number of nitrogens with zero attached hydrogens (tertiary/aromatic N) is 5. The second-order valence-corrected chi connectivity index (χ2v) is 4.28. The summed E-state index contributed by atoms with van der Waals surface area (Å²) in [5.74, 6) is 0.930. The van der Waals surface area contributed by atoms with E-state index in [-0.39, 0.29) is 0 Å². The summed E-state index contributed by atoms with van der Waals surface area (Å²) in [6.07, 6.45) is 9.13. The lowest BCUT2D eigenvalue weighted by Gasteiger charge is -2.21. The molecule has 0 aliphatic heterocycles. The summed E-state index contributed by atoms with van der Waals surface area (Å²) in [5.41, 5.74) is 0. The Morgan fingerprint density at radius 3 is 2.16 bits per heavy atom. The van der Waals surface area contributed by atoms with Gasteiger partial charge in [0.05, 0.1) is 26.1 Å². The summed E-state index contributed by atoms with van der Waals surface area (Å²) in [5, 5.41) is 8.46. The third-order valence-electron chi connectivity index (χ3n) is 2.77. The highest BCUT2D eigenvalue weighted by Crippen LogP contribution is 2.07. The summed E-state index contributed by atoms with van der Waals surface area (Å²) in [6, 6.07) is 7.70. The molecule has 3 heterocycles. The number of hydrogen-bond acceptors (Lipinski definition) is 4. The van der Waals surface area contributed by atoms with E-state index in [4.69, 9.17) is 4.42 Å². The molecule has 0 saturated carbocycles. The van der Waals surface area contributed by atoms with Gasteiger partial charge >= 0.3 is 0 Å². The van der Waals surface area contributed by atoms with Gasteiger partial charge < -0.3 is 4.42 Å². The molecule has 3 aromatic rings. The molecule has 0 saturated heterocycles. The van der Waals surface area contributed by atoms with Crippen molar-refractivity contribution in [3.63, 3.8) is 0 Å². The van der Waals surface area contributed by atoms with Gasteiger partial charge in [-0.15, -0.1) is 0 Å². The topological polar surface area (TPSA) is 52.0 Å². The van der Waals surface area contributed by atoms with Crippen molar-refractivity contribution in [2.24, 2.45) is 0 Å². The van der Waals surface area contributed by atoms with Gasteiger partial charge in [0.25, 0.3) is 0 Å². The van der Waals surface area contributed by atoms with Gasteiger partial charge in [-0.3, -0.25) is 14.3 Å². The van der Waals surface area contributed by atoms with Crippen molar-refractivity contribution in [2.75, 3.05) is 0 Å². The maximum Gasteiger partial charge on any atom is 0.117 e. The van der Waals surface area contributed by atoms with Crippen molar-refractivity contribution in [2.45, 2.75) is 19.9 Å². The molecular weight excluding hydrogens is 242 g/mol. The Balaban J connectivity index is 1.70. The lowest BCUT2D eigenvalue weighted by molar-refractivity contribution is 0.134. The highest BCUT2D eigenvalue weighted by atomic mass is 16.3. The Bertz CT molecular complexity index is 484. The van der Waals surface area contributed by atoms with Gasteiger partial charge in [0.15, 0.2) is 0 Å². The summed E-state index contributed by atoms with van der Waals surface area (Å²) in [4.78, 5) is 2.19. The number of hydrogen-bond donors (Lipinski definition) is 0. The van der Waals surface area contributed by atoms with E-state index >= 15 is 0 Å². The van der Waals surface area contributed by atoms with Gasteiger partial charge in [0.2, 0.25) is 0 Å². The number of furan rings is 1. The highest BCUT2D eigenvalue weighted by Gasteiger charge is 2.09. The zero-order valence-electron chi connectivity index (χ0n) is 10.5. The van der Waals surface area contributed by atoms with E-state index in [9.17, 15) is 0 Å². The molecule has 0 N–H and O–H groups in total. The van der Waals surface area contributed by atoms with Crippen LogP contribution in [0.1, 0.15) is 5.76 Å². The minimum Gasteiger partial charge on any atom is -0.468 e. The van der Waals surface area contributed by atoms with Crippen LogP contribution >= 0.6 is 0 Å². The molecule has 0 atom stereocenters. The molecule has 0 bridgehead atoms. The normalized spacial score (nSPS) is 11.2. The second kappa shape index (κ2) is 5.53. The first-order chi connectivity index (χ1) is 9.40. The van der Waals surface area contributed by atoms with Crippen molar-refractivity contribution < 1.29 is 4.42 Å². The molecule has 0 aliphatic carbocycles. The van der Waals surface area contributed by atoms with Gasteiger partial charge in [0.1, 0.15) is 5.76 Å². The minimum atomic E-state index is 0.688. The molecule has 6 nitrogen and oxygen atoms in total. The van der Waals surface area contributed by atoms with E-state index in [1.807, 2.05) is 46.0 Å². The standard InChI is InChI=1S/C13H15N5O/c1-4-13(19-9-1)10-16(11-17-7-2-5-14-17)12-18-8-3-6-15-18/h1-9H,10-12H2. The van der Waals surface area contributed by atoms with Crippen LogP contribution in [0.3, 0.4) is 0 Å². The third-order valence-corrected chi connectivity index (χ3v) is 2.77. The fraction of sp³-hybridized carbons (Fsp3) is 0.231. The second-order valence-electron chi connectivity index (χ2n) is 4.28. The first-order valence-corrected chi connectivity index (χ1v) is 6.10. The van der Waals surface area contributed by atoms with Gasteiger partial charge in [-0.1, -0.05) is 0 Å². The predicted octanol–water partition coefficient (Wildman–Crippen LogP) is 1.79. The van der Waals surface area contributed by atoms with E-state index in [0.29, 0.717) is 19.9 Å². The SMILES string of the molecule is c1coc(CN(Cn2cccn2)Cn2cccn2)c1. The van der Waals surface area contributed by atoms with Crippen LogP contribution in [0.25, 0.3) is 0 Å². The molecule has 6 heteroatoms. The summed E-state index contributed by atoms with van der Waals surface area (Å²) in [6.45, 7) is 2.09. The first-order valence-electron chi connectivity index (χ1n) is 6.10. The third kappa shape index (κ3) is 3.11. The van der Waals surface area contributed by atoms with Gasteiger partial charge in [-0.25, -0.2) is 0 Å². The van der Waals surface area contributed by atoms with E-state index in [0.717, 1.165) is 5.76 Å². The van der Waals surface area contributed by atoms with Gasteiger partial charge in [0, 0.05) is 24.8 Å². The Kier molecular flexibility index (Phi) is 3.42. The average Bonchev–Trinajstić information content (AvgIpc) is 3.10. The fourth-order valence-corrected chi connectivity index (χ4v) is 1.95. The first kappa shape index (κ1) is 11.7. The maximum atomic E-state index is 5.40. The highest BCUT2D eigenvalue weighted by molar-refractivity contribution is 4.97. The Hall–Kier alpha value is -2.34. The number of aromatic nitrogens is 4. The predicted molar refractivity (Wildman–Crippen MR) is 68.7 cm³/mol.